The zero-order valence-corrected chi connectivity index (χ0v) is 12.4. The molecular formula is C15H24N2O3. The molecule has 1 aromatic carbocycles. The summed E-state index contributed by atoms with van der Waals surface area (Å²) in [6.07, 6.45) is 3.22. The minimum atomic E-state index is -0.333. The molecule has 5 heteroatoms. The molecule has 5 nitrogen and oxygen atoms in total. The van der Waals surface area contributed by atoms with Crippen molar-refractivity contribution in [3.63, 3.8) is 0 Å². The third-order valence-electron chi connectivity index (χ3n) is 3.21. The number of unbranched alkanes of at least 4 members (excludes halogenated alkanes) is 1. The van der Waals surface area contributed by atoms with Crippen LogP contribution in [0.5, 0.6) is 0 Å². The maximum atomic E-state index is 10.8. The lowest BCUT2D eigenvalue weighted by Gasteiger charge is -2.08. The molecule has 0 aliphatic rings. The van der Waals surface area contributed by atoms with Crippen LogP contribution in [0.3, 0.4) is 0 Å². The third kappa shape index (κ3) is 5.67. The Labute approximate surface area is 120 Å². The minimum Gasteiger partial charge on any atom is -0.381 e. The Kier molecular flexibility index (Phi) is 7.84. The lowest BCUT2D eigenvalue weighted by atomic mass is 10.1. The molecule has 20 heavy (non-hydrogen) atoms. The van der Waals surface area contributed by atoms with Crippen molar-refractivity contribution in [2.24, 2.45) is 0 Å². The fourth-order valence-corrected chi connectivity index (χ4v) is 1.93. The van der Waals surface area contributed by atoms with E-state index in [1.165, 1.54) is 0 Å². The van der Waals surface area contributed by atoms with Gasteiger partial charge < -0.3 is 10.1 Å². The topological polar surface area (TPSA) is 64.4 Å². The maximum absolute atomic E-state index is 10.8. The van der Waals surface area contributed by atoms with Crippen molar-refractivity contribution in [2.45, 2.75) is 39.7 Å². The minimum absolute atomic E-state index is 0.187. The van der Waals surface area contributed by atoms with Crippen molar-refractivity contribution >= 4 is 5.69 Å². The SMILES string of the molecule is CCCCOCCCNCc1cccc([N+](=O)[O-])c1C. The van der Waals surface area contributed by atoms with Crippen molar-refractivity contribution in [2.75, 3.05) is 19.8 Å². The first-order valence-electron chi connectivity index (χ1n) is 7.18. The summed E-state index contributed by atoms with van der Waals surface area (Å²) < 4.78 is 5.47. The quantitative estimate of drug-likeness (QED) is 0.406. The van der Waals surface area contributed by atoms with Crippen molar-refractivity contribution in [1.29, 1.82) is 0 Å². The number of nitrogens with one attached hydrogen (secondary N) is 1. The molecule has 0 amide bonds. The third-order valence-corrected chi connectivity index (χ3v) is 3.21. The Bertz CT molecular complexity index is 422. The molecule has 0 heterocycles. The van der Waals surface area contributed by atoms with Crippen LogP contribution >= 0.6 is 0 Å². The average molecular weight is 280 g/mol. The van der Waals surface area contributed by atoms with Crippen LogP contribution < -0.4 is 5.32 Å². The highest BCUT2D eigenvalue weighted by molar-refractivity contribution is 5.44. The average Bonchev–Trinajstić information content (AvgIpc) is 2.43. The highest BCUT2D eigenvalue weighted by Crippen LogP contribution is 2.20. The van der Waals surface area contributed by atoms with E-state index in [0.717, 1.165) is 50.1 Å². The van der Waals surface area contributed by atoms with Gasteiger partial charge in [-0.1, -0.05) is 25.5 Å². The van der Waals surface area contributed by atoms with Gasteiger partial charge in [-0.25, -0.2) is 0 Å². The fraction of sp³-hybridized carbons (Fsp3) is 0.600. The first-order chi connectivity index (χ1) is 9.66. The van der Waals surface area contributed by atoms with E-state index >= 15 is 0 Å². The van der Waals surface area contributed by atoms with E-state index in [1.54, 1.807) is 19.1 Å². The van der Waals surface area contributed by atoms with Crippen LogP contribution in [0.4, 0.5) is 5.69 Å². The Hall–Kier alpha value is -1.46. The molecule has 0 unspecified atom stereocenters. The van der Waals surface area contributed by atoms with Gasteiger partial charge in [0.25, 0.3) is 5.69 Å². The number of ether oxygens (including phenoxy) is 1. The van der Waals surface area contributed by atoms with Gasteiger partial charge in [0.05, 0.1) is 4.92 Å². The molecule has 0 radical (unpaired) electrons. The summed E-state index contributed by atoms with van der Waals surface area (Å²) in [5.41, 5.74) is 1.91. The molecule has 0 fully saturated rings. The van der Waals surface area contributed by atoms with E-state index in [9.17, 15) is 10.1 Å². The Morgan fingerprint density at radius 2 is 2.05 bits per heavy atom. The first kappa shape index (κ1) is 16.6. The van der Waals surface area contributed by atoms with E-state index in [4.69, 9.17) is 4.74 Å². The van der Waals surface area contributed by atoms with E-state index in [0.29, 0.717) is 6.54 Å². The van der Waals surface area contributed by atoms with Crippen LogP contribution in [-0.4, -0.2) is 24.7 Å². The summed E-state index contributed by atoms with van der Waals surface area (Å²) in [5, 5.41) is 14.1. The number of nitro groups is 1. The van der Waals surface area contributed by atoms with Gasteiger partial charge in [0, 0.05) is 31.4 Å². The van der Waals surface area contributed by atoms with Crippen molar-refractivity contribution in [1.82, 2.24) is 5.32 Å². The van der Waals surface area contributed by atoms with Crippen molar-refractivity contribution in [3.8, 4) is 0 Å². The molecule has 1 aromatic rings. The van der Waals surface area contributed by atoms with E-state index in [-0.39, 0.29) is 10.6 Å². The summed E-state index contributed by atoms with van der Waals surface area (Å²) in [5.74, 6) is 0. The van der Waals surface area contributed by atoms with E-state index < -0.39 is 0 Å². The van der Waals surface area contributed by atoms with Crippen LogP contribution in [0.1, 0.15) is 37.3 Å². The zero-order chi connectivity index (χ0) is 14.8. The molecule has 0 aliphatic carbocycles. The normalized spacial score (nSPS) is 10.7. The Balaban J connectivity index is 2.25. The molecule has 0 aromatic heterocycles. The Morgan fingerprint density at radius 1 is 1.30 bits per heavy atom. The molecule has 0 aliphatic heterocycles. The van der Waals surface area contributed by atoms with Crippen molar-refractivity contribution < 1.29 is 9.66 Å². The van der Waals surface area contributed by atoms with Gasteiger partial charge in [-0.2, -0.15) is 0 Å². The maximum Gasteiger partial charge on any atom is 0.272 e. The second kappa shape index (κ2) is 9.44. The summed E-state index contributed by atoms with van der Waals surface area (Å²) >= 11 is 0. The smallest absolute Gasteiger partial charge is 0.272 e. The number of rotatable bonds is 10. The number of hydrogen-bond donors (Lipinski definition) is 1. The zero-order valence-electron chi connectivity index (χ0n) is 12.4. The monoisotopic (exact) mass is 280 g/mol. The van der Waals surface area contributed by atoms with Crippen LogP contribution in [-0.2, 0) is 11.3 Å². The number of nitrogens with zero attached hydrogens (tertiary/aromatic N) is 1. The highest BCUT2D eigenvalue weighted by Gasteiger charge is 2.12. The van der Waals surface area contributed by atoms with Crippen LogP contribution in [0.15, 0.2) is 18.2 Å². The van der Waals surface area contributed by atoms with Gasteiger partial charge in [-0.3, -0.25) is 10.1 Å². The second-order valence-electron chi connectivity index (χ2n) is 4.81. The molecule has 112 valence electrons. The highest BCUT2D eigenvalue weighted by atomic mass is 16.6. The molecular weight excluding hydrogens is 256 g/mol. The van der Waals surface area contributed by atoms with E-state index in [1.807, 2.05) is 6.07 Å². The predicted octanol–water partition coefficient (Wildman–Crippen LogP) is 3.20. The van der Waals surface area contributed by atoms with Crippen LogP contribution in [0.25, 0.3) is 0 Å². The summed E-state index contributed by atoms with van der Waals surface area (Å²) in [4.78, 5) is 10.5. The van der Waals surface area contributed by atoms with Crippen molar-refractivity contribution in [3.05, 3.63) is 39.4 Å². The van der Waals surface area contributed by atoms with Gasteiger partial charge in [0.2, 0.25) is 0 Å². The van der Waals surface area contributed by atoms with E-state index in [2.05, 4.69) is 12.2 Å². The molecule has 1 N–H and O–H groups in total. The number of nitro benzene ring substituents is 1. The summed E-state index contributed by atoms with van der Waals surface area (Å²) in [7, 11) is 0. The molecule has 0 saturated carbocycles. The fourth-order valence-electron chi connectivity index (χ4n) is 1.93. The van der Waals surface area contributed by atoms with Gasteiger partial charge in [-0.15, -0.1) is 0 Å². The number of hydrogen-bond acceptors (Lipinski definition) is 4. The van der Waals surface area contributed by atoms with Gasteiger partial charge >= 0.3 is 0 Å². The summed E-state index contributed by atoms with van der Waals surface area (Å²) in [6.45, 7) is 7.05. The molecule has 1 rings (SSSR count). The molecule has 0 saturated heterocycles. The van der Waals surface area contributed by atoms with Crippen LogP contribution in [0.2, 0.25) is 0 Å². The molecule has 0 spiro atoms. The second-order valence-corrected chi connectivity index (χ2v) is 4.81. The standard InChI is InChI=1S/C15H24N2O3/c1-3-4-10-20-11-6-9-16-12-14-7-5-8-15(13(14)2)17(18)19/h5,7-8,16H,3-4,6,9-12H2,1-2H3. The Morgan fingerprint density at radius 3 is 2.75 bits per heavy atom. The molecule has 0 atom stereocenters. The lowest BCUT2D eigenvalue weighted by molar-refractivity contribution is -0.385. The number of benzene rings is 1. The largest absolute Gasteiger partial charge is 0.381 e. The lowest BCUT2D eigenvalue weighted by Crippen LogP contribution is -2.17. The van der Waals surface area contributed by atoms with Crippen LogP contribution in [0, 0.1) is 17.0 Å². The van der Waals surface area contributed by atoms with Gasteiger partial charge in [0.15, 0.2) is 0 Å². The molecule has 0 bridgehead atoms. The predicted molar refractivity (Wildman–Crippen MR) is 79.9 cm³/mol. The van der Waals surface area contributed by atoms with Gasteiger partial charge in [-0.05, 0) is 31.9 Å². The van der Waals surface area contributed by atoms with Gasteiger partial charge in [0.1, 0.15) is 0 Å². The summed E-state index contributed by atoms with van der Waals surface area (Å²) in [6, 6.07) is 5.20. The first-order valence-corrected chi connectivity index (χ1v) is 7.18.